The van der Waals surface area contributed by atoms with Crippen molar-refractivity contribution in [1.29, 1.82) is 0 Å². The Morgan fingerprint density at radius 2 is 1.73 bits per heavy atom. The second-order valence-corrected chi connectivity index (χ2v) is 8.27. The summed E-state index contributed by atoms with van der Waals surface area (Å²) in [7, 11) is 0. The number of carbonyl (C=O) groups is 1. The van der Waals surface area contributed by atoms with E-state index in [4.69, 9.17) is 0 Å². The number of amides is 1. The summed E-state index contributed by atoms with van der Waals surface area (Å²) in [5, 5.41) is 0. The summed E-state index contributed by atoms with van der Waals surface area (Å²) in [4.78, 5) is 30.4. The minimum atomic E-state index is 0.287. The summed E-state index contributed by atoms with van der Waals surface area (Å²) in [6.45, 7) is 7.99. The zero-order valence-electron chi connectivity index (χ0n) is 15.2. The van der Waals surface area contributed by atoms with Crippen molar-refractivity contribution in [3.05, 3.63) is 17.0 Å². The smallest absolute Gasteiger partial charge is 0.236 e. The summed E-state index contributed by atoms with van der Waals surface area (Å²) in [6.07, 6.45) is 7.60. The number of piperazine rings is 2. The van der Waals surface area contributed by atoms with Gasteiger partial charge in [-0.3, -0.25) is 14.6 Å². The number of carbonyl (C=O) groups excluding carboxylic acids is 1. The molecule has 142 valence electrons. The van der Waals surface area contributed by atoms with E-state index in [0.29, 0.717) is 6.54 Å². The Morgan fingerprint density at radius 3 is 2.31 bits per heavy atom. The van der Waals surface area contributed by atoms with E-state index in [1.165, 1.54) is 19.3 Å². The van der Waals surface area contributed by atoms with Crippen LogP contribution in [0.4, 0.5) is 5.82 Å². The van der Waals surface area contributed by atoms with Crippen LogP contribution in [-0.4, -0.2) is 95.5 Å². The Hall–Kier alpha value is -1.25. The highest BCUT2D eigenvalue weighted by atomic mass is 79.9. The molecule has 3 aliphatic rings. The lowest BCUT2D eigenvalue weighted by Gasteiger charge is -2.43. The van der Waals surface area contributed by atoms with Gasteiger partial charge in [0.05, 0.1) is 18.9 Å². The zero-order valence-corrected chi connectivity index (χ0v) is 16.8. The van der Waals surface area contributed by atoms with Gasteiger partial charge in [-0.2, -0.15) is 0 Å². The number of hydrogen-bond acceptors (Lipinski definition) is 6. The summed E-state index contributed by atoms with van der Waals surface area (Å²) in [5.41, 5.74) is 0. The molecule has 26 heavy (non-hydrogen) atoms. The number of rotatable bonds is 4. The second-order valence-electron chi connectivity index (χ2n) is 7.46. The van der Waals surface area contributed by atoms with E-state index in [1.807, 2.05) is 0 Å². The van der Waals surface area contributed by atoms with Gasteiger partial charge in [0.15, 0.2) is 0 Å². The first-order valence-corrected chi connectivity index (χ1v) is 10.4. The number of halogens is 1. The molecule has 0 radical (unpaired) electrons. The highest BCUT2D eigenvalue weighted by molar-refractivity contribution is 9.10. The van der Waals surface area contributed by atoms with Gasteiger partial charge < -0.3 is 9.80 Å². The van der Waals surface area contributed by atoms with Crippen LogP contribution >= 0.6 is 15.9 Å². The van der Waals surface area contributed by atoms with Crippen LogP contribution in [0.2, 0.25) is 0 Å². The first kappa shape index (κ1) is 18.1. The summed E-state index contributed by atoms with van der Waals surface area (Å²) in [6, 6.07) is 0.794. The SMILES string of the molecule is O=C(CN1CCN(c2cnc(Br)cn2)CC1)N1CCN(C2CCC2)CC1. The van der Waals surface area contributed by atoms with E-state index in [2.05, 4.69) is 45.5 Å². The van der Waals surface area contributed by atoms with Crippen molar-refractivity contribution >= 4 is 27.7 Å². The molecule has 4 rings (SSSR count). The second kappa shape index (κ2) is 8.19. The molecule has 1 amide bonds. The Kier molecular flexibility index (Phi) is 5.71. The molecule has 2 aliphatic heterocycles. The van der Waals surface area contributed by atoms with Gasteiger partial charge in [-0.05, 0) is 28.8 Å². The number of hydrogen-bond donors (Lipinski definition) is 0. The van der Waals surface area contributed by atoms with Gasteiger partial charge in [-0.15, -0.1) is 0 Å². The molecule has 1 aromatic rings. The molecule has 3 heterocycles. The van der Waals surface area contributed by atoms with Crippen molar-refractivity contribution in [3.8, 4) is 0 Å². The monoisotopic (exact) mass is 422 g/mol. The summed E-state index contributed by atoms with van der Waals surface area (Å²) >= 11 is 3.32. The van der Waals surface area contributed by atoms with Crippen LogP contribution in [0.25, 0.3) is 0 Å². The molecule has 1 saturated carbocycles. The molecule has 7 nitrogen and oxygen atoms in total. The largest absolute Gasteiger partial charge is 0.353 e. The highest BCUT2D eigenvalue weighted by Crippen LogP contribution is 2.25. The fourth-order valence-electron chi connectivity index (χ4n) is 3.98. The molecule has 0 bridgehead atoms. The van der Waals surface area contributed by atoms with Crippen molar-refractivity contribution < 1.29 is 4.79 Å². The molecule has 1 aliphatic carbocycles. The minimum Gasteiger partial charge on any atom is -0.353 e. The van der Waals surface area contributed by atoms with Gasteiger partial charge in [-0.1, -0.05) is 6.42 Å². The quantitative estimate of drug-likeness (QED) is 0.722. The van der Waals surface area contributed by atoms with Crippen LogP contribution in [0, 0.1) is 0 Å². The van der Waals surface area contributed by atoms with Gasteiger partial charge in [0.1, 0.15) is 10.4 Å². The predicted molar refractivity (Wildman–Crippen MR) is 104 cm³/mol. The van der Waals surface area contributed by atoms with E-state index < -0.39 is 0 Å². The molecular weight excluding hydrogens is 396 g/mol. The van der Waals surface area contributed by atoms with Gasteiger partial charge in [-0.25, -0.2) is 9.97 Å². The molecule has 0 aromatic carbocycles. The third-order valence-electron chi connectivity index (χ3n) is 5.92. The lowest BCUT2D eigenvalue weighted by Crippen LogP contribution is -2.56. The van der Waals surface area contributed by atoms with E-state index in [9.17, 15) is 4.79 Å². The average Bonchev–Trinajstić information content (AvgIpc) is 2.62. The van der Waals surface area contributed by atoms with Crippen molar-refractivity contribution in [3.63, 3.8) is 0 Å². The first-order chi connectivity index (χ1) is 12.7. The van der Waals surface area contributed by atoms with Crippen LogP contribution in [0.3, 0.4) is 0 Å². The fourth-order valence-corrected chi connectivity index (χ4v) is 4.19. The maximum absolute atomic E-state index is 12.6. The summed E-state index contributed by atoms with van der Waals surface area (Å²) < 4.78 is 0.753. The predicted octanol–water partition coefficient (Wildman–Crippen LogP) is 1.06. The molecule has 0 atom stereocenters. The standard InChI is InChI=1S/C18H27BrN6O/c19-16-12-21-17(13-20-16)24-6-4-22(5-7-24)14-18(26)25-10-8-23(9-11-25)15-2-1-3-15/h12-13,15H,1-11,14H2. The average molecular weight is 423 g/mol. The zero-order chi connectivity index (χ0) is 17.9. The molecular formula is C18H27BrN6O. The minimum absolute atomic E-state index is 0.287. The molecule has 0 unspecified atom stereocenters. The number of nitrogens with zero attached hydrogens (tertiary/aromatic N) is 6. The fraction of sp³-hybridized carbons (Fsp3) is 0.722. The van der Waals surface area contributed by atoms with Crippen molar-refractivity contribution in [2.45, 2.75) is 25.3 Å². The van der Waals surface area contributed by atoms with E-state index in [-0.39, 0.29) is 5.91 Å². The third kappa shape index (κ3) is 4.18. The molecule has 8 heteroatoms. The van der Waals surface area contributed by atoms with Crippen LogP contribution in [0.1, 0.15) is 19.3 Å². The molecule has 2 saturated heterocycles. The Labute approximate surface area is 163 Å². The third-order valence-corrected chi connectivity index (χ3v) is 6.33. The van der Waals surface area contributed by atoms with E-state index in [0.717, 1.165) is 68.8 Å². The van der Waals surface area contributed by atoms with Crippen LogP contribution in [0.5, 0.6) is 0 Å². The topological polar surface area (TPSA) is 55.8 Å². The normalized spacial score (nSPS) is 23.1. The van der Waals surface area contributed by atoms with Crippen molar-refractivity contribution in [2.24, 2.45) is 0 Å². The highest BCUT2D eigenvalue weighted by Gasteiger charge is 2.30. The van der Waals surface area contributed by atoms with Gasteiger partial charge >= 0.3 is 0 Å². The van der Waals surface area contributed by atoms with Crippen LogP contribution in [-0.2, 0) is 4.79 Å². The van der Waals surface area contributed by atoms with Gasteiger partial charge in [0.2, 0.25) is 5.91 Å². The Morgan fingerprint density at radius 1 is 1.00 bits per heavy atom. The molecule has 1 aromatic heterocycles. The first-order valence-electron chi connectivity index (χ1n) is 9.66. The van der Waals surface area contributed by atoms with Gasteiger partial charge in [0.25, 0.3) is 0 Å². The van der Waals surface area contributed by atoms with E-state index in [1.54, 1.807) is 12.4 Å². The molecule has 0 N–H and O–H groups in total. The lowest BCUT2D eigenvalue weighted by atomic mass is 9.91. The van der Waals surface area contributed by atoms with Crippen molar-refractivity contribution in [1.82, 2.24) is 24.7 Å². The Bertz CT molecular complexity index is 607. The molecule has 3 fully saturated rings. The Balaban J connectivity index is 1.20. The van der Waals surface area contributed by atoms with Gasteiger partial charge in [0, 0.05) is 58.4 Å². The lowest BCUT2D eigenvalue weighted by molar-refractivity contribution is -0.134. The maximum Gasteiger partial charge on any atom is 0.236 e. The van der Waals surface area contributed by atoms with E-state index >= 15 is 0 Å². The van der Waals surface area contributed by atoms with Crippen LogP contribution in [0.15, 0.2) is 17.0 Å². The maximum atomic E-state index is 12.6. The molecule has 0 spiro atoms. The van der Waals surface area contributed by atoms with Crippen molar-refractivity contribution in [2.75, 3.05) is 63.8 Å². The van der Waals surface area contributed by atoms with Crippen LogP contribution < -0.4 is 4.90 Å². The number of anilines is 1. The number of aromatic nitrogens is 2. The summed E-state index contributed by atoms with van der Waals surface area (Å²) in [5.74, 6) is 1.20.